The molecule has 2 aliphatic heterocycles. The second-order valence-corrected chi connectivity index (χ2v) is 9.83. The van der Waals surface area contributed by atoms with Gasteiger partial charge in [0.1, 0.15) is 23.1 Å². The van der Waals surface area contributed by atoms with Crippen molar-refractivity contribution in [1.82, 2.24) is 19.9 Å². The van der Waals surface area contributed by atoms with Crippen LogP contribution in [0.3, 0.4) is 0 Å². The minimum Gasteiger partial charge on any atom is -0.479 e. The lowest BCUT2D eigenvalue weighted by molar-refractivity contribution is -0.158. The van der Waals surface area contributed by atoms with Gasteiger partial charge in [-0.25, -0.2) is 14.4 Å². The number of halogens is 4. The van der Waals surface area contributed by atoms with Crippen molar-refractivity contribution in [1.29, 1.82) is 0 Å². The van der Waals surface area contributed by atoms with Crippen molar-refractivity contribution in [3.05, 3.63) is 47.0 Å². The van der Waals surface area contributed by atoms with Crippen LogP contribution in [0, 0.1) is 12.7 Å². The quantitative estimate of drug-likeness (QED) is 0.439. The molecule has 41 heavy (non-hydrogen) atoms. The van der Waals surface area contributed by atoms with Gasteiger partial charge in [0, 0.05) is 31.7 Å². The average Bonchev–Trinajstić information content (AvgIpc) is 2.96. The van der Waals surface area contributed by atoms with E-state index in [1.165, 1.54) is 19.2 Å². The van der Waals surface area contributed by atoms with Gasteiger partial charge < -0.3 is 29.3 Å². The summed E-state index contributed by atoms with van der Waals surface area (Å²) in [5.74, 6) is -0.480. The van der Waals surface area contributed by atoms with Gasteiger partial charge in [-0.1, -0.05) is 12.1 Å². The zero-order valence-electron chi connectivity index (χ0n) is 22.8. The van der Waals surface area contributed by atoms with Crippen LogP contribution in [-0.4, -0.2) is 85.0 Å². The number of carbonyl (C=O) groups excluding carboxylic acids is 1. The third-order valence-electron chi connectivity index (χ3n) is 7.12. The normalized spacial score (nSPS) is 18.9. The number of benzene rings is 1. The molecule has 3 aromatic rings. The van der Waals surface area contributed by atoms with Crippen LogP contribution in [0.1, 0.15) is 29.9 Å². The summed E-state index contributed by atoms with van der Waals surface area (Å²) in [5.41, 5.74) is -0.543. The van der Waals surface area contributed by atoms with Crippen LogP contribution in [0.2, 0.25) is 0 Å². The number of amides is 1. The van der Waals surface area contributed by atoms with E-state index >= 15 is 0 Å². The molecule has 2 aromatic heterocycles. The molecule has 0 saturated carbocycles. The maximum absolute atomic E-state index is 14.9. The summed E-state index contributed by atoms with van der Waals surface area (Å²) < 4.78 is 71.2. The Hall–Kier alpha value is -3.78. The third kappa shape index (κ3) is 5.98. The van der Waals surface area contributed by atoms with E-state index in [1.807, 2.05) is 4.90 Å². The number of carbonyl (C=O) groups is 1. The zero-order chi connectivity index (χ0) is 29.3. The van der Waals surface area contributed by atoms with E-state index in [1.54, 1.807) is 24.8 Å². The van der Waals surface area contributed by atoms with Crippen molar-refractivity contribution in [2.45, 2.75) is 32.2 Å². The van der Waals surface area contributed by atoms with E-state index in [0.29, 0.717) is 73.9 Å². The van der Waals surface area contributed by atoms with Gasteiger partial charge >= 0.3 is 6.18 Å². The van der Waals surface area contributed by atoms with Crippen LogP contribution < -0.4 is 15.0 Å². The summed E-state index contributed by atoms with van der Waals surface area (Å²) >= 11 is 0. The van der Waals surface area contributed by atoms with Crippen LogP contribution in [0.25, 0.3) is 11.0 Å². The van der Waals surface area contributed by atoms with Crippen molar-refractivity contribution in [3.63, 3.8) is 0 Å². The van der Waals surface area contributed by atoms with Crippen molar-refractivity contribution in [3.8, 4) is 5.88 Å². The average molecular weight is 579 g/mol. The lowest BCUT2D eigenvalue weighted by atomic mass is 10.0. The van der Waals surface area contributed by atoms with Gasteiger partial charge in [0.25, 0.3) is 5.91 Å². The molecule has 2 fully saturated rings. The van der Waals surface area contributed by atoms with E-state index < -0.39 is 29.7 Å². The first-order chi connectivity index (χ1) is 19.6. The number of fused-ring (bicyclic) bond motifs is 1. The maximum atomic E-state index is 14.9. The highest BCUT2D eigenvalue weighted by Gasteiger charge is 2.36. The van der Waals surface area contributed by atoms with Crippen LogP contribution >= 0.6 is 0 Å². The Labute approximate surface area is 233 Å². The molecule has 0 unspecified atom stereocenters. The Balaban J connectivity index is 1.41. The molecule has 2 atom stereocenters. The fraction of sp³-hybridized carbons (Fsp3) is 0.481. The number of aromatic nitrogens is 3. The number of rotatable bonds is 6. The maximum Gasteiger partial charge on any atom is 0.419 e. The number of alkyl halides is 3. The summed E-state index contributed by atoms with van der Waals surface area (Å²) in [6.45, 7) is 6.17. The molecule has 1 N–H and O–H groups in total. The topological polar surface area (TPSA) is 102 Å². The first-order valence-electron chi connectivity index (χ1n) is 13.2. The molecule has 0 spiro atoms. The van der Waals surface area contributed by atoms with Crippen molar-refractivity contribution < 1.29 is 36.6 Å². The van der Waals surface area contributed by atoms with Gasteiger partial charge in [0.05, 0.1) is 43.9 Å². The minimum absolute atomic E-state index is 0.112. The van der Waals surface area contributed by atoms with Crippen LogP contribution in [0.4, 0.5) is 29.1 Å². The van der Waals surface area contributed by atoms with Gasteiger partial charge in [-0.2, -0.15) is 18.2 Å². The molecule has 0 bridgehead atoms. The lowest BCUT2D eigenvalue weighted by Crippen LogP contribution is -2.53. The predicted molar refractivity (Wildman–Crippen MR) is 141 cm³/mol. The second kappa shape index (κ2) is 11.6. The van der Waals surface area contributed by atoms with E-state index in [4.69, 9.17) is 14.2 Å². The highest BCUT2D eigenvalue weighted by atomic mass is 19.4. The number of piperazine rings is 1. The van der Waals surface area contributed by atoms with Crippen LogP contribution in [0.5, 0.6) is 5.88 Å². The standard InChI is InChI=1S/C27H30F4N6O4/c1-15(17-5-4-6-19(22(17)28)27(29,30)31)32-23-18-13-20(25(39-3)35-24(18)34-16(2)33-23)36-7-9-37(10-8-36)26(38)21-14-40-11-12-41-21/h4-6,13,15,21H,7-12,14H2,1-3H3,(H,32,33,34,35)/t15-,21+/m1/s1. The number of nitrogens with one attached hydrogen (secondary N) is 1. The van der Waals surface area contributed by atoms with Gasteiger partial charge in [0.2, 0.25) is 5.88 Å². The molecule has 1 aromatic carbocycles. The number of methoxy groups -OCH3 is 1. The van der Waals surface area contributed by atoms with E-state index in [2.05, 4.69) is 20.3 Å². The van der Waals surface area contributed by atoms with Crippen molar-refractivity contribution in [2.24, 2.45) is 0 Å². The predicted octanol–water partition coefficient (Wildman–Crippen LogP) is 3.74. The third-order valence-corrected chi connectivity index (χ3v) is 7.12. The van der Waals surface area contributed by atoms with Crippen molar-refractivity contribution >= 4 is 28.4 Å². The summed E-state index contributed by atoms with van der Waals surface area (Å²) in [7, 11) is 1.49. The summed E-state index contributed by atoms with van der Waals surface area (Å²) in [6, 6.07) is 4.11. The molecule has 2 aliphatic rings. The van der Waals surface area contributed by atoms with E-state index in [9.17, 15) is 22.4 Å². The lowest BCUT2D eigenvalue weighted by Gasteiger charge is -2.38. The van der Waals surface area contributed by atoms with Gasteiger partial charge in [0.15, 0.2) is 11.8 Å². The fourth-order valence-electron chi connectivity index (χ4n) is 5.01. The molecule has 1 amide bonds. The number of nitrogens with zero attached hydrogens (tertiary/aromatic N) is 5. The summed E-state index contributed by atoms with van der Waals surface area (Å²) in [4.78, 5) is 30.0. The molecule has 220 valence electrons. The van der Waals surface area contributed by atoms with E-state index in [-0.39, 0.29) is 23.9 Å². The number of hydrogen-bond acceptors (Lipinski definition) is 9. The van der Waals surface area contributed by atoms with Crippen LogP contribution in [-0.2, 0) is 20.4 Å². The minimum atomic E-state index is -4.82. The molecule has 4 heterocycles. The second-order valence-electron chi connectivity index (χ2n) is 9.83. The molecular formula is C27H30F4N6O4. The Kier molecular flexibility index (Phi) is 8.13. The van der Waals surface area contributed by atoms with Gasteiger partial charge in [-0.15, -0.1) is 0 Å². The number of anilines is 2. The number of hydrogen-bond donors (Lipinski definition) is 1. The summed E-state index contributed by atoms with van der Waals surface area (Å²) in [5, 5.41) is 3.53. The molecule has 14 heteroatoms. The van der Waals surface area contributed by atoms with Gasteiger partial charge in [-0.05, 0) is 26.0 Å². The molecule has 2 saturated heterocycles. The number of ether oxygens (including phenoxy) is 3. The molecular weight excluding hydrogens is 548 g/mol. The zero-order valence-corrected chi connectivity index (χ0v) is 22.8. The first kappa shape index (κ1) is 28.7. The Morgan fingerprint density at radius 3 is 2.56 bits per heavy atom. The largest absolute Gasteiger partial charge is 0.479 e. The molecule has 10 nitrogen and oxygen atoms in total. The van der Waals surface area contributed by atoms with Crippen LogP contribution in [0.15, 0.2) is 24.3 Å². The smallest absolute Gasteiger partial charge is 0.419 e. The SMILES string of the molecule is COc1nc2nc(C)nc(N[C@H](C)c3cccc(C(F)(F)F)c3F)c2cc1N1CCN(C(=O)[C@@H]2COCCO2)CC1. The fourth-order valence-corrected chi connectivity index (χ4v) is 5.01. The molecule has 5 rings (SSSR count). The van der Waals surface area contributed by atoms with E-state index in [0.717, 1.165) is 0 Å². The molecule has 0 radical (unpaired) electrons. The molecule has 0 aliphatic carbocycles. The van der Waals surface area contributed by atoms with Crippen molar-refractivity contribution in [2.75, 3.05) is 63.3 Å². The number of pyridine rings is 1. The highest BCUT2D eigenvalue weighted by Crippen LogP contribution is 2.36. The highest BCUT2D eigenvalue weighted by molar-refractivity contribution is 5.91. The Morgan fingerprint density at radius 1 is 1.15 bits per heavy atom. The van der Waals surface area contributed by atoms with Gasteiger partial charge in [-0.3, -0.25) is 4.79 Å². The monoisotopic (exact) mass is 578 g/mol. The Morgan fingerprint density at radius 2 is 1.90 bits per heavy atom. The number of aryl methyl sites for hydroxylation is 1. The summed E-state index contributed by atoms with van der Waals surface area (Å²) in [6.07, 6.45) is -5.43. The first-order valence-corrected chi connectivity index (χ1v) is 13.2. The Bertz CT molecular complexity index is 1430.